The Bertz CT molecular complexity index is 1080. The first-order chi connectivity index (χ1) is 12.8. The lowest BCUT2D eigenvalue weighted by atomic mass is 10.2. The largest absolute Gasteiger partial charge is 0.481 e. The summed E-state index contributed by atoms with van der Waals surface area (Å²) in [5.41, 5.74) is 1.81. The fourth-order valence-electron chi connectivity index (χ4n) is 2.23. The molecule has 2 N–H and O–H groups in total. The summed E-state index contributed by atoms with van der Waals surface area (Å²) in [5.74, 6) is -1.11. The zero-order valence-electron chi connectivity index (χ0n) is 14.1. The zero-order chi connectivity index (χ0) is 19.4. The molecule has 10 heteroatoms. The average molecular weight is 405 g/mol. The number of hydrogen-bond acceptors (Lipinski definition) is 7. The van der Waals surface area contributed by atoms with E-state index in [1.54, 1.807) is 30.3 Å². The first kappa shape index (κ1) is 18.9. The number of carboxylic acids is 1. The van der Waals surface area contributed by atoms with Gasteiger partial charge in [0, 0.05) is 11.3 Å². The van der Waals surface area contributed by atoms with E-state index in [1.165, 1.54) is 12.1 Å². The summed E-state index contributed by atoms with van der Waals surface area (Å²) in [7, 11) is -3.80. The zero-order valence-corrected chi connectivity index (χ0v) is 15.8. The number of carbonyl (C=O) groups is 1. The monoisotopic (exact) mass is 405 g/mol. The Morgan fingerprint density at radius 2 is 1.96 bits per heavy atom. The van der Waals surface area contributed by atoms with Crippen molar-refractivity contribution >= 4 is 33.4 Å². The molecule has 0 radical (unpaired) electrons. The number of thioether (sulfide) groups is 1. The molecule has 2 aromatic carbocycles. The van der Waals surface area contributed by atoms with Crippen molar-refractivity contribution in [2.75, 3.05) is 10.5 Å². The van der Waals surface area contributed by atoms with E-state index < -0.39 is 16.0 Å². The standard InChI is InChI=1S/C17H15N3O5S2/c1-11-4-2-6-13(8-11)20-27(23,24)14-7-3-5-12(9-14)16-18-19-17(25-16)26-10-15(21)22/h2-9,20H,10H2,1H3,(H,21,22). The summed E-state index contributed by atoms with van der Waals surface area (Å²) in [5, 5.41) is 16.4. The number of nitrogens with one attached hydrogen (secondary N) is 1. The second-order valence-electron chi connectivity index (χ2n) is 5.56. The molecule has 0 spiro atoms. The van der Waals surface area contributed by atoms with Crippen LogP contribution in [0.5, 0.6) is 0 Å². The Hall–Kier alpha value is -2.85. The normalized spacial score (nSPS) is 11.3. The molecule has 0 bridgehead atoms. The van der Waals surface area contributed by atoms with Crippen molar-refractivity contribution in [3.63, 3.8) is 0 Å². The number of benzene rings is 2. The molecule has 0 fully saturated rings. The summed E-state index contributed by atoms with van der Waals surface area (Å²) in [4.78, 5) is 10.6. The lowest BCUT2D eigenvalue weighted by molar-refractivity contribution is -0.133. The first-order valence-corrected chi connectivity index (χ1v) is 10.2. The van der Waals surface area contributed by atoms with Crippen molar-refractivity contribution in [2.24, 2.45) is 0 Å². The number of sulfonamides is 1. The minimum Gasteiger partial charge on any atom is -0.481 e. The molecule has 27 heavy (non-hydrogen) atoms. The van der Waals surface area contributed by atoms with Crippen LogP contribution in [0.1, 0.15) is 5.56 Å². The highest BCUT2D eigenvalue weighted by Crippen LogP contribution is 2.26. The highest BCUT2D eigenvalue weighted by atomic mass is 32.2. The van der Waals surface area contributed by atoms with Crippen LogP contribution in [0.4, 0.5) is 5.69 Å². The van der Waals surface area contributed by atoms with Gasteiger partial charge in [-0.15, -0.1) is 10.2 Å². The lowest BCUT2D eigenvalue weighted by Gasteiger charge is -2.09. The summed E-state index contributed by atoms with van der Waals surface area (Å²) >= 11 is 0.886. The maximum Gasteiger partial charge on any atom is 0.314 e. The van der Waals surface area contributed by atoms with Gasteiger partial charge < -0.3 is 9.52 Å². The molecular weight excluding hydrogens is 390 g/mol. The molecule has 0 atom stereocenters. The highest BCUT2D eigenvalue weighted by Gasteiger charge is 2.17. The van der Waals surface area contributed by atoms with Crippen LogP contribution in [0.25, 0.3) is 11.5 Å². The van der Waals surface area contributed by atoms with E-state index in [-0.39, 0.29) is 21.8 Å². The van der Waals surface area contributed by atoms with Crippen LogP contribution in [0.15, 0.2) is 63.1 Å². The molecule has 1 heterocycles. The number of carboxylic acid groups (broad SMARTS) is 1. The third-order valence-corrected chi connectivity index (χ3v) is 5.57. The molecule has 0 unspecified atom stereocenters. The van der Waals surface area contributed by atoms with Gasteiger partial charge in [-0.2, -0.15) is 0 Å². The molecular formula is C17H15N3O5S2. The number of rotatable bonds is 7. The predicted octanol–water partition coefficient (Wildman–Crippen LogP) is 3.02. The molecule has 0 saturated carbocycles. The van der Waals surface area contributed by atoms with E-state index in [4.69, 9.17) is 9.52 Å². The van der Waals surface area contributed by atoms with E-state index >= 15 is 0 Å². The predicted molar refractivity (Wildman–Crippen MR) is 100 cm³/mol. The second-order valence-corrected chi connectivity index (χ2v) is 8.17. The molecule has 3 rings (SSSR count). The van der Waals surface area contributed by atoms with Gasteiger partial charge in [-0.1, -0.05) is 30.0 Å². The van der Waals surface area contributed by atoms with E-state index in [9.17, 15) is 13.2 Å². The maximum atomic E-state index is 12.6. The van der Waals surface area contributed by atoms with Crippen molar-refractivity contribution in [1.82, 2.24) is 10.2 Å². The van der Waals surface area contributed by atoms with E-state index in [1.807, 2.05) is 13.0 Å². The second kappa shape index (κ2) is 7.80. The molecule has 0 amide bonds. The number of anilines is 1. The molecule has 8 nitrogen and oxygen atoms in total. The quantitative estimate of drug-likeness (QED) is 0.575. The van der Waals surface area contributed by atoms with E-state index in [0.717, 1.165) is 17.3 Å². The summed E-state index contributed by atoms with van der Waals surface area (Å²) in [6, 6.07) is 13.1. The number of aliphatic carboxylic acids is 1. The SMILES string of the molecule is Cc1cccc(NS(=O)(=O)c2cccc(-c3nnc(SCC(=O)O)o3)c2)c1. The van der Waals surface area contributed by atoms with Crippen LogP contribution >= 0.6 is 11.8 Å². The van der Waals surface area contributed by atoms with Crippen LogP contribution in [-0.2, 0) is 14.8 Å². The average Bonchev–Trinajstić information content (AvgIpc) is 3.09. The number of hydrogen-bond donors (Lipinski definition) is 2. The maximum absolute atomic E-state index is 12.6. The van der Waals surface area contributed by atoms with E-state index in [2.05, 4.69) is 14.9 Å². The van der Waals surface area contributed by atoms with Crippen LogP contribution in [0.3, 0.4) is 0 Å². The van der Waals surface area contributed by atoms with Crippen molar-refractivity contribution < 1.29 is 22.7 Å². The summed E-state index contributed by atoms with van der Waals surface area (Å²) < 4.78 is 33.2. The van der Waals surface area contributed by atoms with Gasteiger partial charge in [-0.05, 0) is 42.8 Å². The lowest BCUT2D eigenvalue weighted by Crippen LogP contribution is -2.13. The molecule has 3 aromatic rings. The Balaban J connectivity index is 1.83. The Morgan fingerprint density at radius 3 is 2.70 bits per heavy atom. The van der Waals surface area contributed by atoms with Gasteiger partial charge in [-0.3, -0.25) is 9.52 Å². The fraction of sp³-hybridized carbons (Fsp3) is 0.118. The van der Waals surface area contributed by atoms with Crippen LogP contribution in [0.2, 0.25) is 0 Å². The van der Waals surface area contributed by atoms with Gasteiger partial charge in [0.1, 0.15) is 5.75 Å². The first-order valence-electron chi connectivity index (χ1n) is 7.71. The van der Waals surface area contributed by atoms with E-state index in [0.29, 0.717) is 11.3 Å². The topological polar surface area (TPSA) is 122 Å². The number of aryl methyl sites for hydroxylation is 1. The van der Waals surface area contributed by atoms with Crippen LogP contribution < -0.4 is 4.72 Å². The number of nitrogens with zero attached hydrogens (tertiary/aromatic N) is 2. The van der Waals surface area contributed by atoms with Gasteiger partial charge in [0.25, 0.3) is 15.2 Å². The van der Waals surface area contributed by atoms with Gasteiger partial charge in [-0.25, -0.2) is 8.42 Å². The molecule has 0 aliphatic carbocycles. The minimum atomic E-state index is -3.80. The van der Waals surface area contributed by atoms with Crippen LogP contribution in [0, 0.1) is 6.92 Å². The van der Waals surface area contributed by atoms with Crippen molar-refractivity contribution in [1.29, 1.82) is 0 Å². The minimum absolute atomic E-state index is 0.0412. The number of aromatic nitrogens is 2. The van der Waals surface area contributed by atoms with Crippen molar-refractivity contribution in [3.8, 4) is 11.5 Å². The summed E-state index contributed by atoms with van der Waals surface area (Å²) in [6.07, 6.45) is 0. The molecule has 140 valence electrons. The van der Waals surface area contributed by atoms with Gasteiger partial charge >= 0.3 is 5.97 Å². The molecule has 0 aliphatic rings. The summed E-state index contributed by atoms with van der Waals surface area (Å²) in [6.45, 7) is 1.87. The van der Waals surface area contributed by atoms with Crippen molar-refractivity contribution in [2.45, 2.75) is 17.0 Å². The fourth-order valence-corrected chi connectivity index (χ4v) is 3.81. The smallest absolute Gasteiger partial charge is 0.314 e. The molecule has 1 aromatic heterocycles. The molecule has 0 aliphatic heterocycles. The van der Waals surface area contributed by atoms with Crippen LogP contribution in [-0.4, -0.2) is 35.4 Å². The van der Waals surface area contributed by atoms with Gasteiger partial charge in [0.05, 0.1) is 4.90 Å². The Kier molecular flexibility index (Phi) is 5.47. The third-order valence-electron chi connectivity index (χ3n) is 3.39. The molecule has 0 saturated heterocycles. The van der Waals surface area contributed by atoms with Gasteiger partial charge in [0.15, 0.2) is 0 Å². The Labute approximate surface area is 159 Å². The van der Waals surface area contributed by atoms with Gasteiger partial charge in [0.2, 0.25) is 5.89 Å². The highest BCUT2D eigenvalue weighted by molar-refractivity contribution is 7.99. The van der Waals surface area contributed by atoms with Crippen molar-refractivity contribution in [3.05, 3.63) is 54.1 Å². The Morgan fingerprint density at radius 1 is 1.19 bits per heavy atom. The third kappa shape index (κ3) is 4.86.